The number of nitrogens with zero attached hydrogens (tertiary/aromatic N) is 3. The first-order valence-corrected chi connectivity index (χ1v) is 8.02. The second kappa shape index (κ2) is 6.43. The van der Waals surface area contributed by atoms with Crippen LogP contribution in [-0.4, -0.2) is 54.1 Å². The van der Waals surface area contributed by atoms with Gasteiger partial charge < -0.3 is 15.0 Å². The molecule has 0 spiro atoms. The molecule has 1 N–H and O–H groups in total. The number of carbonyl (C=O) groups is 3. The highest BCUT2D eigenvalue weighted by Crippen LogP contribution is 2.29. The van der Waals surface area contributed by atoms with Crippen LogP contribution in [0.3, 0.4) is 0 Å². The minimum absolute atomic E-state index is 0.223. The SMILES string of the molecule is CC1(c2ccc(C#N)cc2)NC(=O)N(CCCN2CCOC2=O)C1=O. The van der Waals surface area contributed by atoms with E-state index in [1.54, 1.807) is 36.1 Å². The number of imide groups is 1. The Hall–Kier alpha value is -3.08. The minimum Gasteiger partial charge on any atom is -0.448 e. The van der Waals surface area contributed by atoms with Gasteiger partial charge in [-0.25, -0.2) is 9.59 Å². The molecule has 0 saturated carbocycles. The van der Waals surface area contributed by atoms with Crippen LogP contribution < -0.4 is 5.32 Å². The number of cyclic esters (lactones) is 1. The summed E-state index contributed by atoms with van der Waals surface area (Å²) < 4.78 is 4.84. The summed E-state index contributed by atoms with van der Waals surface area (Å²) in [7, 11) is 0. The van der Waals surface area contributed by atoms with E-state index in [0.29, 0.717) is 37.2 Å². The number of amides is 4. The predicted octanol–water partition coefficient (Wildman–Crippen LogP) is 1.17. The van der Waals surface area contributed by atoms with Crippen molar-refractivity contribution in [2.45, 2.75) is 18.9 Å². The Morgan fingerprint density at radius 1 is 1.24 bits per heavy atom. The molecule has 25 heavy (non-hydrogen) atoms. The van der Waals surface area contributed by atoms with E-state index >= 15 is 0 Å². The molecule has 0 bridgehead atoms. The summed E-state index contributed by atoms with van der Waals surface area (Å²) in [6.45, 7) is 3.21. The molecule has 2 aliphatic heterocycles. The van der Waals surface area contributed by atoms with Crippen molar-refractivity contribution in [1.29, 1.82) is 5.26 Å². The molecule has 0 aliphatic carbocycles. The zero-order chi connectivity index (χ0) is 18.0. The van der Waals surface area contributed by atoms with Crippen molar-refractivity contribution >= 4 is 18.0 Å². The van der Waals surface area contributed by atoms with Gasteiger partial charge in [-0.1, -0.05) is 12.1 Å². The first-order chi connectivity index (χ1) is 12.0. The summed E-state index contributed by atoms with van der Waals surface area (Å²) in [5, 5.41) is 11.6. The molecule has 0 radical (unpaired) electrons. The van der Waals surface area contributed by atoms with Crippen LogP contribution in [0.5, 0.6) is 0 Å². The third kappa shape index (κ3) is 3.01. The second-order valence-corrected chi connectivity index (χ2v) is 6.16. The van der Waals surface area contributed by atoms with Crippen molar-refractivity contribution in [3.63, 3.8) is 0 Å². The van der Waals surface area contributed by atoms with E-state index in [9.17, 15) is 14.4 Å². The van der Waals surface area contributed by atoms with Gasteiger partial charge in [-0.2, -0.15) is 5.26 Å². The van der Waals surface area contributed by atoms with Crippen molar-refractivity contribution in [3.8, 4) is 6.07 Å². The van der Waals surface area contributed by atoms with Gasteiger partial charge in [0.1, 0.15) is 12.1 Å². The van der Waals surface area contributed by atoms with Gasteiger partial charge in [0.25, 0.3) is 5.91 Å². The zero-order valence-electron chi connectivity index (χ0n) is 13.8. The van der Waals surface area contributed by atoms with Crippen molar-refractivity contribution in [2.75, 3.05) is 26.2 Å². The number of hydrogen-bond donors (Lipinski definition) is 1. The summed E-state index contributed by atoms with van der Waals surface area (Å²) in [4.78, 5) is 39.1. The quantitative estimate of drug-likeness (QED) is 0.809. The molecule has 8 heteroatoms. The van der Waals surface area contributed by atoms with Crippen LogP contribution in [0.4, 0.5) is 9.59 Å². The highest BCUT2D eigenvalue weighted by molar-refractivity contribution is 6.07. The highest BCUT2D eigenvalue weighted by atomic mass is 16.6. The molecule has 2 aliphatic rings. The number of urea groups is 1. The average molecular weight is 342 g/mol. The lowest BCUT2D eigenvalue weighted by Crippen LogP contribution is -2.41. The first kappa shape index (κ1) is 16.8. The molecule has 2 heterocycles. The Bertz CT molecular complexity index is 755. The van der Waals surface area contributed by atoms with Crippen LogP contribution in [0.25, 0.3) is 0 Å². The van der Waals surface area contributed by atoms with E-state index in [2.05, 4.69) is 5.32 Å². The zero-order valence-corrected chi connectivity index (χ0v) is 13.8. The topological polar surface area (TPSA) is 103 Å². The fourth-order valence-electron chi connectivity index (χ4n) is 3.02. The molecule has 8 nitrogen and oxygen atoms in total. The third-order valence-electron chi connectivity index (χ3n) is 4.52. The molecule has 4 amide bonds. The van der Waals surface area contributed by atoms with Gasteiger partial charge in [-0.05, 0) is 31.0 Å². The highest BCUT2D eigenvalue weighted by Gasteiger charge is 2.48. The lowest BCUT2D eigenvalue weighted by Gasteiger charge is -2.22. The van der Waals surface area contributed by atoms with E-state index in [1.807, 2.05) is 6.07 Å². The number of nitrogens with one attached hydrogen (secondary N) is 1. The molecular weight excluding hydrogens is 324 g/mol. The van der Waals surface area contributed by atoms with Crippen molar-refractivity contribution in [2.24, 2.45) is 0 Å². The van der Waals surface area contributed by atoms with E-state index < -0.39 is 11.6 Å². The molecular formula is C17H18N4O4. The summed E-state index contributed by atoms with van der Waals surface area (Å²) in [5.74, 6) is -0.341. The normalized spacial score (nSPS) is 22.8. The van der Waals surface area contributed by atoms with Gasteiger partial charge >= 0.3 is 12.1 Å². The maximum Gasteiger partial charge on any atom is 0.409 e. The lowest BCUT2D eigenvalue weighted by molar-refractivity contribution is -0.131. The van der Waals surface area contributed by atoms with Crippen LogP contribution >= 0.6 is 0 Å². The van der Waals surface area contributed by atoms with Crippen molar-refractivity contribution in [3.05, 3.63) is 35.4 Å². The number of nitriles is 1. The fraction of sp³-hybridized carbons (Fsp3) is 0.412. The summed E-state index contributed by atoms with van der Waals surface area (Å²) >= 11 is 0. The molecule has 130 valence electrons. The molecule has 1 unspecified atom stereocenters. The molecule has 2 saturated heterocycles. The monoisotopic (exact) mass is 342 g/mol. The van der Waals surface area contributed by atoms with Gasteiger partial charge in [0.05, 0.1) is 18.2 Å². The van der Waals surface area contributed by atoms with Crippen LogP contribution in [0.1, 0.15) is 24.5 Å². The predicted molar refractivity (Wildman–Crippen MR) is 86.3 cm³/mol. The summed E-state index contributed by atoms with van der Waals surface area (Å²) in [6, 6.07) is 8.12. The van der Waals surface area contributed by atoms with E-state index in [4.69, 9.17) is 10.00 Å². The van der Waals surface area contributed by atoms with Crippen LogP contribution in [0.2, 0.25) is 0 Å². The fourth-order valence-corrected chi connectivity index (χ4v) is 3.02. The smallest absolute Gasteiger partial charge is 0.409 e. The Morgan fingerprint density at radius 2 is 1.96 bits per heavy atom. The Kier molecular flexibility index (Phi) is 4.31. The van der Waals surface area contributed by atoms with Crippen LogP contribution in [-0.2, 0) is 15.1 Å². The standard InChI is InChI=1S/C17H18N4O4/c1-17(13-5-3-12(11-18)4-6-13)14(22)21(15(23)19-17)8-2-7-20-9-10-25-16(20)24/h3-6H,2,7-10H2,1H3,(H,19,23). The molecule has 0 aromatic heterocycles. The van der Waals surface area contributed by atoms with Crippen LogP contribution in [0.15, 0.2) is 24.3 Å². The maximum atomic E-state index is 12.8. The maximum absolute atomic E-state index is 12.8. The number of benzene rings is 1. The lowest BCUT2D eigenvalue weighted by atomic mass is 9.91. The Morgan fingerprint density at radius 3 is 2.56 bits per heavy atom. The van der Waals surface area contributed by atoms with Gasteiger partial charge in [0.15, 0.2) is 0 Å². The molecule has 3 rings (SSSR count). The van der Waals surface area contributed by atoms with Crippen molar-refractivity contribution in [1.82, 2.24) is 15.1 Å². The molecule has 1 aromatic carbocycles. The van der Waals surface area contributed by atoms with E-state index in [0.717, 1.165) is 0 Å². The van der Waals surface area contributed by atoms with Crippen molar-refractivity contribution < 1.29 is 19.1 Å². The summed E-state index contributed by atoms with van der Waals surface area (Å²) in [5.41, 5.74) is -0.0496. The molecule has 1 aromatic rings. The second-order valence-electron chi connectivity index (χ2n) is 6.16. The Balaban J connectivity index is 1.66. The Labute approximate surface area is 144 Å². The average Bonchev–Trinajstić information content (AvgIpc) is 3.11. The number of ether oxygens (including phenoxy) is 1. The summed E-state index contributed by atoms with van der Waals surface area (Å²) in [6.07, 6.45) is 0.122. The molecule has 1 atom stereocenters. The van der Waals surface area contributed by atoms with E-state index in [-0.39, 0.29) is 18.5 Å². The number of hydrogen-bond acceptors (Lipinski definition) is 5. The van der Waals surface area contributed by atoms with E-state index in [1.165, 1.54) is 4.90 Å². The van der Waals surface area contributed by atoms with Gasteiger partial charge in [-0.3, -0.25) is 9.69 Å². The first-order valence-electron chi connectivity index (χ1n) is 8.02. The number of carbonyl (C=O) groups excluding carboxylic acids is 3. The van der Waals surface area contributed by atoms with Crippen LogP contribution in [0, 0.1) is 11.3 Å². The van der Waals surface area contributed by atoms with Gasteiger partial charge in [0, 0.05) is 13.1 Å². The molecule has 2 fully saturated rings. The third-order valence-corrected chi connectivity index (χ3v) is 4.52. The van der Waals surface area contributed by atoms with Gasteiger partial charge in [0.2, 0.25) is 0 Å². The van der Waals surface area contributed by atoms with Gasteiger partial charge in [-0.15, -0.1) is 0 Å². The largest absolute Gasteiger partial charge is 0.448 e. The minimum atomic E-state index is -1.16. The number of rotatable bonds is 5.